The van der Waals surface area contributed by atoms with Crippen LogP contribution in [0.1, 0.15) is 36.6 Å². The Bertz CT molecular complexity index is 331. The van der Waals surface area contributed by atoms with Crippen molar-refractivity contribution in [3.8, 4) is 0 Å². The molecule has 17 heavy (non-hydrogen) atoms. The van der Waals surface area contributed by atoms with E-state index in [2.05, 4.69) is 64.1 Å². The molecule has 3 heteroatoms. The van der Waals surface area contributed by atoms with Crippen LogP contribution < -0.4 is 5.32 Å². The molecule has 0 aromatic carbocycles. The van der Waals surface area contributed by atoms with E-state index in [0.717, 1.165) is 6.54 Å². The second-order valence-corrected chi connectivity index (χ2v) is 6.77. The van der Waals surface area contributed by atoms with Gasteiger partial charge in [-0.3, -0.25) is 0 Å². The maximum Gasteiger partial charge on any atom is 0.0388 e. The van der Waals surface area contributed by atoms with E-state index in [1.807, 2.05) is 11.3 Å². The van der Waals surface area contributed by atoms with E-state index in [0.29, 0.717) is 18.0 Å². The first-order valence-electron chi connectivity index (χ1n) is 6.37. The summed E-state index contributed by atoms with van der Waals surface area (Å²) in [5.74, 6) is 0.654. The zero-order chi connectivity index (χ0) is 13.0. The fraction of sp³-hybridized carbons (Fsp3) is 0.714. The van der Waals surface area contributed by atoms with Crippen LogP contribution >= 0.6 is 11.3 Å². The van der Waals surface area contributed by atoms with Crippen molar-refractivity contribution < 1.29 is 0 Å². The molecule has 1 aromatic heterocycles. The molecular weight excluding hydrogens is 228 g/mol. The van der Waals surface area contributed by atoms with Crippen LogP contribution in [0.2, 0.25) is 0 Å². The summed E-state index contributed by atoms with van der Waals surface area (Å²) in [6, 6.07) is 5.43. The van der Waals surface area contributed by atoms with Gasteiger partial charge in [-0.1, -0.05) is 13.8 Å². The molecule has 2 atom stereocenters. The molecule has 0 bridgehead atoms. The van der Waals surface area contributed by atoms with Gasteiger partial charge in [0.1, 0.15) is 0 Å². The lowest BCUT2D eigenvalue weighted by molar-refractivity contribution is 0.274. The highest BCUT2D eigenvalue weighted by atomic mass is 32.1. The number of nitrogens with one attached hydrogen (secondary N) is 1. The quantitative estimate of drug-likeness (QED) is 0.838. The zero-order valence-corrected chi connectivity index (χ0v) is 12.8. The van der Waals surface area contributed by atoms with Gasteiger partial charge >= 0.3 is 0 Å². The lowest BCUT2D eigenvalue weighted by Gasteiger charge is -2.28. The summed E-state index contributed by atoms with van der Waals surface area (Å²) >= 11 is 1.89. The van der Waals surface area contributed by atoms with Gasteiger partial charge in [0.15, 0.2) is 0 Å². The molecule has 1 heterocycles. The molecule has 1 rings (SSSR count). The van der Waals surface area contributed by atoms with E-state index in [9.17, 15) is 0 Å². The number of nitrogens with zero attached hydrogens (tertiary/aromatic N) is 1. The van der Waals surface area contributed by atoms with Crippen molar-refractivity contribution >= 4 is 11.3 Å². The SMILES string of the molecule is Cc1ccc(C(C)NC(CN(C)C)C(C)C)s1. The third kappa shape index (κ3) is 4.78. The molecule has 0 aliphatic carbocycles. The van der Waals surface area contributed by atoms with Crippen molar-refractivity contribution in [3.63, 3.8) is 0 Å². The number of hydrogen-bond donors (Lipinski definition) is 1. The van der Waals surface area contributed by atoms with Gasteiger partial charge in [-0.05, 0) is 46.0 Å². The monoisotopic (exact) mass is 254 g/mol. The standard InChI is InChI=1S/C14H26N2S/c1-10(2)13(9-16(5)6)15-12(4)14-8-7-11(3)17-14/h7-8,10,12-13,15H,9H2,1-6H3. The van der Waals surface area contributed by atoms with E-state index in [4.69, 9.17) is 0 Å². The van der Waals surface area contributed by atoms with Crippen LogP contribution in [0, 0.1) is 12.8 Å². The van der Waals surface area contributed by atoms with Crippen LogP contribution in [0.3, 0.4) is 0 Å². The van der Waals surface area contributed by atoms with Gasteiger partial charge in [-0.25, -0.2) is 0 Å². The predicted molar refractivity (Wildman–Crippen MR) is 77.8 cm³/mol. The van der Waals surface area contributed by atoms with Crippen molar-refractivity contribution in [2.45, 2.75) is 39.8 Å². The van der Waals surface area contributed by atoms with Crippen LogP contribution in [0.4, 0.5) is 0 Å². The number of aryl methyl sites for hydroxylation is 1. The highest BCUT2D eigenvalue weighted by molar-refractivity contribution is 7.12. The second kappa shape index (κ2) is 6.53. The molecular formula is C14H26N2S. The lowest BCUT2D eigenvalue weighted by atomic mass is 10.0. The maximum absolute atomic E-state index is 3.75. The van der Waals surface area contributed by atoms with Gasteiger partial charge in [0.25, 0.3) is 0 Å². The van der Waals surface area contributed by atoms with E-state index in [-0.39, 0.29) is 0 Å². The van der Waals surface area contributed by atoms with Crippen LogP contribution in [0.25, 0.3) is 0 Å². The zero-order valence-electron chi connectivity index (χ0n) is 11.9. The van der Waals surface area contributed by atoms with Gasteiger partial charge in [0, 0.05) is 28.4 Å². The van der Waals surface area contributed by atoms with Crippen molar-refractivity contribution in [1.29, 1.82) is 0 Å². The minimum atomic E-state index is 0.445. The Labute approximate surface area is 110 Å². The van der Waals surface area contributed by atoms with Crippen molar-refractivity contribution in [3.05, 3.63) is 21.9 Å². The fourth-order valence-electron chi connectivity index (χ4n) is 1.94. The maximum atomic E-state index is 3.75. The summed E-state index contributed by atoms with van der Waals surface area (Å²) in [6.45, 7) is 10.1. The molecule has 1 N–H and O–H groups in total. The Balaban J connectivity index is 2.60. The number of likely N-dealkylation sites (N-methyl/N-ethyl adjacent to an activating group) is 1. The molecule has 98 valence electrons. The van der Waals surface area contributed by atoms with Crippen LogP contribution in [0.15, 0.2) is 12.1 Å². The highest BCUT2D eigenvalue weighted by Gasteiger charge is 2.18. The predicted octanol–water partition coefficient (Wildman–Crippen LogP) is 3.29. The van der Waals surface area contributed by atoms with E-state index >= 15 is 0 Å². The average Bonchev–Trinajstić information content (AvgIpc) is 2.63. The highest BCUT2D eigenvalue weighted by Crippen LogP contribution is 2.23. The van der Waals surface area contributed by atoms with Gasteiger partial charge in [0.05, 0.1) is 0 Å². The summed E-state index contributed by atoms with van der Waals surface area (Å²) in [6.07, 6.45) is 0. The molecule has 0 radical (unpaired) electrons. The van der Waals surface area contributed by atoms with Gasteiger partial charge in [-0.15, -0.1) is 11.3 Å². The first kappa shape index (κ1) is 14.7. The third-order valence-electron chi connectivity index (χ3n) is 3.02. The van der Waals surface area contributed by atoms with Crippen molar-refractivity contribution in [1.82, 2.24) is 10.2 Å². The van der Waals surface area contributed by atoms with Gasteiger partial charge in [-0.2, -0.15) is 0 Å². The molecule has 0 aliphatic rings. The Morgan fingerprint density at radius 3 is 2.29 bits per heavy atom. The second-order valence-electron chi connectivity index (χ2n) is 5.45. The minimum absolute atomic E-state index is 0.445. The summed E-state index contributed by atoms with van der Waals surface area (Å²) in [5, 5.41) is 3.75. The normalized spacial score (nSPS) is 15.5. The van der Waals surface area contributed by atoms with Crippen molar-refractivity contribution in [2.24, 2.45) is 5.92 Å². The first-order valence-corrected chi connectivity index (χ1v) is 7.19. The number of rotatable bonds is 6. The summed E-state index contributed by atoms with van der Waals surface area (Å²) in [4.78, 5) is 5.08. The van der Waals surface area contributed by atoms with E-state index < -0.39 is 0 Å². The van der Waals surface area contributed by atoms with Crippen LogP contribution in [0.5, 0.6) is 0 Å². The molecule has 0 spiro atoms. The fourth-order valence-corrected chi connectivity index (χ4v) is 2.83. The van der Waals surface area contributed by atoms with Crippen molar-refractivity contribution in [2.75, 3.05) is 20.6 Å². The number of hydrogen-bond acceptors (Lipinski definition) is 3. The van der Waals surface area contributed by atoms with E-state index in [1.165, 1.54) is 9.75 Å². The number of thiophene rings is 1. The van der Waals surface area contributed by atoms with E-state index in [1.54, 1.807) is 0 Å². The Kier molecular flexibility index (Phi) is 5.63. The molecule has 1 aromatic rings. The molecule has 0 fully saturated rings. The lowest BCUT2D eigenvalue weighted by Crippen LogP contribution is -2.42. The van der Waals surface area contributed by atoms with Gasteiger partial charge < -0.3 is 10.2 Å². The summed E-state index contributed by atoms with van der Waals surface area (Å²) in [5.41, 5.74) is 0. The molecule has 2 unspecified atom stereocenters. The smallest absolute Gasteiger partial charge is 0.0388 e. The average molecular weight is 254 g/mol. The largest absolute Gasteiger partial charge is 0.308 e. The Morgan fingerprint density at radius 2 is 1.88 bits per heavy atom. The molecule has 0 aliphatic heterocycles. The van der Waals surface area contributed by atoms with Crippen LogP contribution in [-0.2, 0) is 0 Å². The minimum Gasteiger partial charge on any atom is -0.308 e. The van der Waals surface area contributed by atoms with Crippen LogP contribution in [-0.4, -0.2) is 31.6 Å². The molecule has 0 amide bonds. The molecule has 2 nitrogen and oxygen atoms in total. The summed E-state index contributed by atoms with van der Waals surface area (Å²) < 4.78 is 0. The molecule has 0 saturated carbocycles. The first-order chi connectivity index (χ1) is 7.90. The Hall–Kier alpha value is -0.380. The third-order valence-corrected chi connectivity index (χ3v) is 4.20. The molecule has 0 saturated heterocycles. The summed E-state index contributed by atoms with van der Waals surface area (Å²) in [7, 11) is 4.27. The Morgan fingerprint density at radius 1 is 1.24 bits per heavy atom. The van der Waals surface area contributed by atoms with Gasteiger partial charge in [0.2, 0.25) is 0 Å². The topological polar surface area (TPSA) is 15.3 Å².